The molecule has 1 unspecified atom stereocenters. The molecular weight excluding hydrogens is 217 g/mol. The van der Waals surface area contributed by atoms with Crippen LogP contribution in [0.5, 0.6) is 0 Å². The van der Waals surface area contributed by atoms with Crippen molar-refractivity contribution in [3.05, 3.63) is 48.0 Å². The van der Waals surface area contributed by atoms with Crippen molar-refractivity contribution in [2.75, 3.05) is 0 Å². The number of Topliss-reactive ketones (excluding diaryl/α,β-unsaturated/α-hetero) is 1. The van der Waals surface area contributed by atoms with Crippen molar-refractivity contribution < 1.29 is 18.0 Å². The van der Waals surface area contributed by atoms with E-state index in [9.17, 15) is 18.0 Å². The minimum Gasteiger partial charge on any atom is -0.294 e. The second kappa shape index (κ2) is 4.51. The maximum absolute atomic E-state index is 12.3. The number of carbonyl (C=O) groups excluding carboxylic acids is 1. The summed E-state index contributed by atoms with van der Waals surface area (Å²) < 4.78 is 37.0. The second-order valence-electron chi connectivity index (χ2n) is 3.47. The lowest BCUT2D eigenvalue weighted by Crippen LogP contribution is -2.23. The summed E-state index contributed by atoms with van der Waals surface area (Å²) in [5.74, 6) is -1.81. The number of halogens is 3. The summed E-state index contributed by atoms with van der Waals surface area (Å²) in [6, 6.07) is 7.89. The second-order valence-corrected chi connectivity index (χ2v) is 3.47. The van der Waals surface area contributed by atoms with Gasteiger partial charge < -0.3 is 0 Å². The largest absolute Gasteiger partial charge is 0.412 e. The van der Waals surface area contributed by atoms with Gasteiger partial charge in [0.15, 0.2) is 5.78 Å². The van der Waals surface area contributed by atoms with Crippen LogP contribution in [0, 0.1) is 5.92 Å². The van der Waals surface area contributed by atoms with Crippen molar-refractivity contribution in [3.8, 4) is 0 Å². The highest BCUT2D eigenvalue weighted by atomic mass is 19.4. The molecular formula is C12H11F3O. The first-order chi connectivity index (χ1) is 7.34. The van der Waals surface area contributed by atoms with Crippen LogP contribution in [-0.2, 0) is 0 Å². The molecule has 0 radical (unpaired) electrons. The zero-order valence-electron chi connectivity index (χ0n) is 8.71. The average Bonchev–Trinajstić information content (AvgIpc) is 2.26. The molecule has 0 saturated carbocycles. The number of benzene rings is 1. The Morgan fingerprint density at radius 1 is 1.25 bits per heavy atom. The van der Waals surface area contributed by atoms with Crippen LogP contribution in [0.1, 0.15) is 17.3 Å². The Kier molecular flexibility index (Phi) is 3.52. The summed E-state index contributed by atoms with van der Waals surface area (Å²) in [6.45, 7) is 4.14. The number of carbonyl (C=O) groups is 1. The third-order valence-corrected chi connectivity index (χ3v) is 2.34. The predicted molar refractivity (Wildman–Crippen MR) is 55.1 cm³/mol. The Morgan fingerprint density at radius 2 is 1.75 bits per heavy atom. The molecule has 0 aliphatic carbocycles. The molecule has 0 heterocycles. The van der Waals surface area contributed by atoms with Gasteiger partial charge in [0.2, 0.25) is 0 Å². The van der Waals surface area contributed by atoms with E-state index >= 15 is 0 Å². The van der Waals surface area contributed by atoms with E-state index in [1.807, 2.05) is 0 Å². The van der Waals surface area contributed by atoms with Crippen molar-refractivity contribution in [2.45, 2.75) is 13.1 Å². The smallest absolute Gasteiger partial charge is 0.294 e. The molecule has 1 atom stereocenters. The SMILES string of the molecule is C=C(C(C)C(=O)c1ccccc1)C(F)(F)F. The predicted octanol–water partition coefficient (Wildman–Crippen LogP) is 3.62. The van der Waals surface area contributed by atoms with E-state index in [0.717, 1.165) is 0 Å². The van der Waals surface area contributed by atoms with Gasteiger partial charge in [-0.1, -0.05) is 43.8 Å². The molecule has 0 N–H and O–H groups in total. The fourth-order valence-corrected chi connectivity index (χ4v) is 1.26. The molecule has 1 rings (SSSR count). The van der Waals surface area contributed by atoms with Gasteiger partial charge in [-0.2, -0.15) is 13.2 Å². The Morgan fingerprint density at radius 3 is 2.19 bits per heavy atom. The lowest BCUT2D eigenvalue weighted by molar-refractivity contribution is -0.0965. The molecule has 0 aromatic heterocycles. The van der Waals surface area contributed by atoms with E-state index in [0.29, 0.717) is 0 Å². The lowest BCUT2D eigenvalue weighted by Gasteiger charge is -2.16. The highest BCUT2D eigenvalue weighted by molar-refractivity contribution is 5.99. The molecule has 1 aromatic rings. The molecule has 0 saturated heterocycles. The number of allylic oxidation sites excluding steroid dienone is 1. The molecule has 0 fully saturated rings. The summed E-state index contributed by atoms with van der Waals surface area (Å²) in [6.07, 6.45) is -4.52. The first kappa shape index (κ1) is 12.5. The third-order valence-electron chi connectivity index (χ3n) is 2.34. The van der Waals surface area contributed by atoms with E-state index in [2.05, 4.69) is 6.58 Å². The summed E-state index contributed by atoms with van der Waals surface area (Å²) in [4.78, 5) is 11.7. The number of ketones is 1. The zero-order valence-corrected chi connectivity index (χ0v) is 8.71. The number of hydrogen-bond acceptors (Lipinski definition) is 1. The molecule has 0 aliphatic rings. The van der Waals surface area contributed by atoms with Crippen molar-refractivity contribution in [1.82, 2.24) is 0 Å². The Balaban J connectivity index is 2.88. The summed E-state index contributed by atoms with van der Waals surface area (Å²) >= 11 is 0. The standard InChI is InChI=1S/C12H11F3O/c1-8(9(2)12(13,14)15)11(16)10-6-4-3-5-7-10/h3-8H,2H2,1H3. The molecule has 16 heavy (non-hydrogen) atoms. The summed E-state index contributed by atoms with van der Waals surface area (Å²) in [5, 5.41) is 0. The molecule has 1 nitrogen and oxygen atoms in total. The van der Waals surface area contributed by atoms with E-state index in [1.165, 1.54) is 19.1 Å². The minimum absolute atomic E-state index is 0.264. The highest BCUT2D eigenvalue weighted by Gasteiger charge is 2.37. The monoisotopic (exact) mass is 228 g/mol. The number of hydrogen-bond donors (Lipinski definition) is 0. The summed E-state index contributed by atoms with van der Waals surface area (Å²) in [7, 11) is 0. The van der Waals surface area contributed by atoms with Gasteiger partial charge >= 0.3 is 6.18 Å². The topological polar surface area (TPSA) is 17.1 Å². The molecule has 4 heteroatoms. The van der Waals surface area contributed by atoms with Gasteiger partial charge in [-0.15, -0.1) is 0 Å². The van der Waals surface area contributed by atoms with Crippen LogP contribution < -0.4 is 0 Å². The molecule has 1 aromatic carbocycles. The third kappa shape index (κ3) is 2.72. The van der Waals surface area contributed by atoms with Gasteiger partial charge in [-0.25, -0.2) is 0 Å². The zero-order chi connectivity index (χ0) is 12.3. The Labute approximate surface area is 91.6 Å². The normalized spacial score (nSPS) is 13.2. The van der Waals surface area contributed by atoms with Crippen molar-refractivity contribution in [2.24, 2.45) is 5.92 Å². The van der Waals surface area contributed by atoms with Crippen LogP contribution in [0.15, 0.2) is 42.5 Å². The van der Waals surface area contributed by atoms with Gasteiger partial charge in [0, 0.05) is 17.1 Å². The summed E-state index contributed by atoms with van der Waals surface area (Å²) in [5.41, 5.74) is -0.748. The van der Waals surface area contributed by atoms with E-state index in [1.54, 1.807) is 18.2 Å². The molecule has 86 valence electrons. The van der Waals surface area contributed by atoms with Crippen molar-refractivity contribution in [1.29, 1.82) is 0 Å². The number of alkyl halides is 3. The minimum atomic E-state index is -4.52. The van der Waals surface area contributed by atoms with E-state index in [-0.39, 0.29) is 5.56 Å². The first-order valence-corrected chi connectivity index (χ1v) is 4.69. The first-order valence-electron chi connectivity index (χ1n) is 4.69. The Bertz CT molecular complexity index is 392. The van der Waals surface area contributed by atoms with Crippen LogP contribution in [0.25, 0.3) is 0 Å². The molecule has 0 aliphatic heterocycles. The van der Waals surface area contributed by atoms with E-state index in [4.69, 9.17) is 0 Å². The maximum Gasteiger partial charge on any atom is 0.412 e. The van der Waals surface area contributed by atoms with Gasteiger partial charge in [0.05, 0.1) is 0 Å². The fourth-order valence-electron chi connectivity index (χ4n) is 1.26. The lowest BCUT2D eigenvalue weighted by atomic mass is 9.93. The van der Waals surface area contributed by atoms with Gasteiger partial charge in [-0.05, 0) is 0 Å². The van der Waals surface area contributed by atoms with Crippen LogP contribution in [-0.4, -0.2) is 12.0 Å². The number of rotatable bonds is 3. The highest BCUT2D eigenvalue weighted by Crippen LogP contribution is 2.31. The molecule has 0 bridgehead atoms. The average molecular weight is 228 g/mol. The van der Waals surface area contributed by atoms with Gasteiger partial charge in [0.25, 0.3) is 0 Å². The fraction of sp³-hybridized carbons (Fsp3) is 0.250. The Hall–Kier alpha value is -1.58. The van der Waals surface area contributed by atoms with Crippen LogP contribution in [0.2, 0.25) is 0 Å². The van der Waals surface area contributed by atoms with Crippen LogP contribution in [0.3, 0.4) is 0 Å². The van der Waals surface area contributed by atoms with Crippen LogP contribution in [0.4, 0.5) is 13.2 Å². The van der Waals surface area contributed by atoms with Crippen molar-refractivity contribution in [3.63, 3.8) is 0 Å². The molecule has 0 amide bonds. The quantitative estimate of drug-likeness (QED) is 0.570. The van der Waals surface area contributed by atoms with Crippen LogP contribution >= 0.6 is 0 Å². The van der Waals surface area contributed by atoms with Gasteiger partial charge in [-0.3, -0.25) is 4.79 Å². The van der Waals surface area contributed by atoms with Gasteiger partial charge in [0.1, 0.15) is 0 Å². The molecule has 0 spiro atoms. The van der Waals surface area contributed by atoms with Crippen molar-refractivity contribution >= 4 is 5.78 Å². The maximum atomic E-state index is 12.3. The van der Waals surface area contributed by atoms with E-state index < -0.39 is 23.5 Å².